The van der Waals surface area contributed by atoms with Gasteiger partial charge in [0.25, 0.3) is 0 Å². The van der Waals surface area contributed by atoms with Crippen molar-refractivity contribution in [1.82, 2.24) is 14.3 Å². The number of aromatic nitrogens is 3. The van der Waals surface area contributed by atoms with Crippen molar-refractivity contribution in [3.8, 4) is 11.3 Å². The lowest BCUT2D eigenvalue weighted by atomic mass is 10.1. The Balaban J connectivity index is 2.04. The van der Waals surface area contributed by atoms with Crippen LogP contribution >= 0.6 is 24.2 Å². The number of benzene rings is 2. The fraction of sp³-hybridized carbons (Fsp3) is 0. The zero-order valence-electron chi connectivity index (χ0n) is 10.3. The molecule has 0 aliphatic carbocycles. The Morgan fingerprint density at radius 3 is 2.70 bits per heavy atom. The summed E-state index contributed by atoms with van der Waals surface area (Å²) in [6.45, 7) is 0. The molecule has 2 heterocycles. The molecule has 0 spiro atoms. The molecule has 0 saturated carbocycles. The predicted octanol–water partition coefficient (Wildman–Crippen LogP) is 4.20. The van der Waals surface area contributed by atoms with E-state index in [2.05, 4.69) is 45.2 Å². The van der Waals surface area contributed by atoms with Crippen LogP contribution in [0.4, 0.5) is 0 Å². The van der Waals surface area contributed by atoms with Crippen molar-refractivity contribution >= 4 is 45.3 Å². The van der Waals surface area contributed by atoms with E-state index in [0.717, 1.165) is 37.3 Å². The Kier molecular flexibility index (Phi) is 2.68. The molecule has 3 nitrogen and oxygen atoms in total. The normalized spacial score (nSPS) is 11.2. The number of thiol groups is 1. The average Bonchev–Trinajstić information content (AvgIpc) is 2.96. The quantitative estimate of drug-likeness (QED) is 0.535. The van der Waals surface area contributed by atoms with Gasteiger partial charge in [-0.25, -0.2) is 9.97 Å². The minimum absolute atomic E-state index is 0.869. The van der Waals surface area contributed by atoms with Crippen LogP contribution in [-0.4, -0.2) is 14.3 Å². The Morgan fingerprint density at radius 2 is 1.85 bits per heavy atom. The topological polar surface area (TPSA) is 38.7 Å². The number of hydrogen-bond acceptors (Lipinski definition) is 5. The highest BCUT2D eigenvalue weighted by Gasteiger charge is 2.10. The van der Waals surface area contributed by atoms with Gasteiger partial charge in [-0.3, -0.25) is 0 Å². The molecular weight excluding hydrogens is 286 g/mol. The van der Waals surface area contributed by atoms with Crippen LogP contribution < -0.4 is 0 Å². The molecule has 0 aliphatic heterocycles. The molecule has 4 rings (SSSR count). The van der Waals surface area contributed by atoms with E-state index in [1.807, 2.05) is 24.3 Å². The lowest BCUT2D eigenvalue weighted by molar-refractivity contribution is 1.34. The van der Waals surface area contributed by atoms with Gasteiger partial charge in [-0.1, -0.05) is 30.3 Å². The van der Waals surface area contributed by atoms with E-state index in [9.17, 15) is 0 Å². The second-order valence-electron chi connectivity index (χ2n) is 4.46. The Bertz CT molecular complexity index is 916. The molecular formula is C15H9N3S2. The Labute approximate surface area is 124 Å². The maximum Gasteiger partial charge on any atom is 0.116 e. The van der Waals surface area contributed by atoms with Crippen molar-refractivity contribution < 1.29 is 0 Å². The molecule has 0 atom stereocenters. The standard InChI is InChI=1S/C15H9N3S2/c19-13-7-12-14(17-8-16-12)15-10(13)6-11(18-20-15)9-4-2-1-3-5-9/h1-8,19H. The molecule has 5 heteroatoms. The van der Waals surface area contributed by atoms with Crippen molar-refractivity contribution in [1.29, 1.82) is 0 Å². The molecule has 0 fully saturated rings. The van der Waals surface area contributed by atoms with Crippen molar-refractivity contribution in [3.05, 3.63) is 48.8 Å². The maximum atomic E-state index is 4.59. The van der Waals surface area contributed by atoms with Gasteiger partial charge in [-0.15, -0.1) is 12.6 Å². The van der Waals surface area contributed by atoms with Crippen molar-refractivity contribution in [2.24, 2.45) is 0 Å². The summed E-state index contributed by atoms with van der Waals surface area (Å²) in [7, 11) is 0. The number of rotatable bonds is 1. The molecule has 0 N–H and O–H groups in total. The zero-order valence-corrected chi connectivity index (χ0v) is 12.0. The molecule has 0 bridgehead atoms. The number of hydrogen-bond donors (Lipinski definition) is 1. The summed E-state index contributed by atoms with van der Waals surface area (Å²) in [6.07, 6.45) is 1.58. The van der Waals surface area contributed by atoms with E-state index >= 15 is 0 Å². The van der Waals surface area contributed by atoms with Gasteiger partial charge in [0, 0.05) is 15.8 Å². The van der Waals surface area contributed by atoms with Crippen molar-refractivity contribution in [3.63, 3.8) is 0 Å². The molecule has 2 aromatic heterocycles. The predicted molar refractivity (Wildman–Crippen MR) is 85.4 cm³/mol. The summed E-state index contributed by atoms with van der Waals surface area (Å²) in [4.78, 5) is 9.45. The smallest absolute Gasteiger partial charge is 0.116 e. The third kappa shape index (κ3) is 1.78. The first-order valence-electron chi connectivity index (χ1n) is 6.11. The SMILES string of the molecule is Sc1cc2ncnc2c2snc(-c3ccccc3)cc12. The lowest BCUT2D eigenvalue weighted by Crippen LogP contribution is -1.84. The fourth-order valence-electron chi connectivity index (χ4n) is 2.24. The number of imidazole rings is 1. The van der Waals surface area contributed by atoms with Crippen LogP contribution in [0, 0.1) is 0 Å². The maximum absolute atomic E-state index is 4.59. The van der Waals surface area contributed by atoms with Gasteiger partial charge in [0.05, 0.1) is 15.9 Å². The first-order chi connectivity index (χ1) is 9.83. The highest BCUT2D eigenvalue weighted by atomic mass is 32.1. The van der Waals surface area contributed by atoms with Gasteiger partial charge in [-0.2, -0.15) is 4.37 Å². The molecule has 0 saturated heterocycles. The molecule has 0 aliphatic rings. The van der Waals surface area contributed by atoms with Crippen LogP contribution in [-0.2, 0) is 0 Å². The monoisotopic (exact) mass is 295 g/mol. The Morgan fingerprint density at radius 1 is 1.00 bits per heavy atom. The fourth-order valence-corrected chi connectivity index (χ4v) is 3.48. The molecule has 2 aromatic carbocycles. The first-order valence-corrected chi connectivity index (χ1v) is 7.33. The minimum Gasteiger partial charge on any atom is -0.235 e. The van der Waals surface area contributed by atoms with Gasteiger partial charge >= 0.3 is 0 Å². The van der Waals surface area contributed by atoms with Crippen LogP contribution in [0.25, 0.3) is 32.4 Å². The van der Waals surface area contributed by atoms with Crippen LogP contribution in [0.2, 0.25) is 0 Å². The average molecular weight is 295 g/mol. The van der Waals surface area contributed by atoms with E-state index in [1.54, 1.807) is 6.33 Å². The number of nitrogens with zero attached hydrogens (tertiary/aromatic N) is 3. The Hall–Kier alpha value is -1.98. The van der Waals surface area contributed by atoms with E-state index < -0.39 is 0 Å². The van der Waals surface area contributed by atoms with E-state index in [4.69, 9.17) is 0 Å². The summed E-state index contributed by atoms with van der Waals surface area (Å²) in [6, 6.07) is 14.2. The van der Waals surface area contributed by atoms with Crippen molar-refractivity contribution in [2.75, 3.05) is 0 Å². The van der Waals surface area contributed by atoms with Crippen LogP contribution in [0.1, 0.15) is 0 Å². The summed E-state index contributed by atoms with van der Waals surface area (Å²) < 4.78 is 5.62. The second-order valence-corrected chi connectivity index (χ2v) is 5.71. The van der Waals surface area contributed by atoms with E-state index in [0.29, 0.717) is 0 Å². The lowest BCUT2D eigenvalue weighted by Gasteiger charge is -2.05. The van der Waals surface area contributed by atoms with Gasteiger partial charge < -0.3 is 0 Å². The van der Waals surface area contributed by atoms with Gasteiger partial charge in [0.2, 0.25) is 0 Å². The summed E-state index contributed by atoms with van der Waals surface area (Å²) in [5, 5.41) is 1.07. The summed E-state index contributed by atoms with van der Waals surface area (Å²) >= 11 is 6.02. The molecule has 96 valence electrons. The van der Waals surface area contributed by atoms with Gasteiger partial charge in [0.15, 0.2) is 0 Å². The van der Waals surface area contributed by atoms with Crippen LogP contribution in [0.15, 0.2) is 53.7 Å². The molecule has 20 heavy (non-hydrogen) atoms. The molecule has 4 aromatic rings. The number of fused-ring (bicyclic) bond motifs is 3. The zero-order chi connectivity index (χ0) is 13.5. The van der Waals surface area contributed by atoms with E-state index in [-0.39, 0.29) is 0 Å². The van der Waals surface area contributed by atoms with Gasteiger partial charge in [0.1, 0.15) is 11.8 Å². The second kappa shape index (κ2) is 4.54. The highest BCUT2D eigenvalue weighted by Crippen LogP contribution is 2.33. The van der Waals surface area contributed by atoms with E-state index in [1.165, 1.54) is 11.5 Å². The third-order valence-corrected chi connectivity index (χ3v) is 4.48. The largest absolute Gasteiger partial charge is 0.235 e. The van der Waals surface area contributed by atoms with Gasteiger partial charge in [-0.05, 0) is 23.7 Å². The molecule has 0 amide bonds. The van der Waals surface area contributed by atoms with Crippen LogP contribution in [0.3, 0.4) is 0 Å². The molecule has 0 unspecified atom stereocenters. The third-order valence-electron chi connectivity index (χ3n) is 3.22. The summed E-state index contributed by atoms with van der Waals surface area (Å²) in [5.74, 6) is 0. The van der Waals surface area contributed by atoms with Crippen LogP contribution in [0.5, 0.6) is 0 Å². The molecule has 0 radical (unpaired) electrons. The highest BCUT2D eigenvalue weighted by molar-refractivity contribution is 7.80. The summed E-state index contributed by atoms with van der Waals surface area (Å²) in [5.41, 5.74) is 3.83. The first kappa shape index (κ1) is 11.8. The minimum atomic E-state index is 0.869. The van der Waals surface area contributed by atoms with Crippen molar-refractivity contribution in [2.45, 2.75) is 4.90 Å².